The van der Waals surface area contributed by atoms with Crippen LogP contribution in [0.5, 0.6) is 11.5 Å². The molecule has 1 saturated heterocycles. The standard InChI is InChI=1S/C21H25N5O2/c1-27-18-10-6-9-17(20(18)28-2)19(21-22-24-25-23-21)26-13-11-16(12-14-26)15-7-4-3-5-8-15/h3-10,16,19H,11-14H2,1-2H3,(H,22,23,24,25). The Hall–Kier alpha value is -2.93. The molecule has 7 nitrogen and oxygen atoms in total. The zero-order valence-corrected chi connectivity index (χ0v) is 16.2. The zero-order valence-electron chi connectivity index (χ0n) is 16.2. The Balaban J connectivity index is 1.63. The second-order valence-corrected chi connectivity index (χ2v) is 6.99. The molecule has 1 aliphatic rings. The summed E-state index contributed by atoms with van der Waals surface area (Å²) in [5.74, 6) is 2.72. The van der Waals surface area contributed by atoms with E-state index < -0.39 is 0 Å². The molecular formula is C21H25N5O2. The van der Waals surface area contributed by atoms with Gasteiger partial charge in [0.05, 0.1) is 14.2 Å². The molecule has 1 atom stereocenters. The highest BCUT2D eigenvalue weighted by atomic mass is 16.5. The molecule has 1 fully saturated rings. The van der Waals surface area contributed by atoms with Crippen molar-refractivity contribution < 1.29 is 9.47 Å². The maximum Gasteiger partial charge on any atom is 0.170 e. The number of tetrazole rings is 1. The van der Waals surface area contributed by atoms with Gasteiger partial charge in [-0.25, -0.2) is 5.10 Å². The third-order valence-electron chi connectivity index (χ3n) is 5.51. The molecule has 1 aliphatic heterocycles. The maximum atomic E-state index is 5.69. The van der Waals surface area contributed by atoms with E-state index in [-0.39, 0.29) is 6.04 Å². The highest BCUT2D eigenvalue weighted by Gasteiger charge is 2.32. The van der Waals surface area contributed by atoms with E-state index in [0.29, 0.717) is 17.5 Å². The van der Waals surface area contributed by atoms with Gasteiger partial charge < -0.3 is 9.47 Å². The van der Waals surface area contributed by atoms with Crippen molar-refractivity contribution in [2.24, 2.45) is 0 Å². The van der Waals surface area contributed by atoms with Gasteiger partial charge in [-0.15, -0.1) is 5.10 Å². The summed E-state index contributed by atoms with van der Waals surface area (Å²) in [6, 6.07) is 16.6. The van der Waals surface area contributed by atoms with E-state index in [1.54, 1.807) is 14.2 Å². The number of nitrogens with zero attached hydrogens (tertiary/aromatic N) is 4. The van der Waals surface area contributed by atoms with E-state index in [9.17, 15) is 0 Å². The summed E-state index contributed by atoms with van der Waals surface area (Å²) in [4.78, 5) is 2.42. The van der Waals surface area contributed by atoms with Crippen LogP contribution >= 0.6 is 0 Å². The van der Waals surface area contributed by atoms with Crippen LogP contribution in [0, 0.1) is 0 Å². The molecule has 0 radical (unpaired) electrons. The Morgan fingerprint density at radius 2 is 1.79 bits per heavy atom. The molecule has 1 aromatic heterocycles. The first-order valence-electron chi connectivity index (χ1n) is 9.55. The number of hydrogen-bond donors (Lipinski definition) is 1. The second-order valence-electron chi connectivity index (χ2n) is 6.99. The second kappa shape index (κ2) is 8.39. The maximum absolute atomic E-state index is 5.69. The number of hydrogen-bond acceptors (Lipinski definition) is 6. The molecule has 2 heterocycles. The van der Waals surface area contributed by atoms with Gasteiger partial charge in [0.25, 0.3) is 0 Å². The number of likely N-dealkylation sites (tertiary alicyclic amines) is 1. The molecule has 0 spiro atoms. The van der Waals surface area contributed by atoms with Gasteiger partial charge in [0.1, 0.15) is 6.04 Å². The van der Waals surface area contributed by atoms with Crippen LogP contribution in [0.1, 0.15) is 41.8 Å². The lowest BCUT2D eigenvalue weighted by Crippen LogP contribution is -2.37. The molecule has 0 amide bonds. The molecule has 0 saturated carbocycles. The van der Waals surface area contributed by atoms with E-state index in [4.69, 9.17) is 9.47 Å². The minimum absolute atomic E-state index is 0.114. The van der Waals surface area contributed by atoms with Crippen LogP contribution in [-0.2, 0) is 0 Å². The SMILES string of the molecule is COc1cccc(C(c2nnn[nH]2)N2CCC(c3ccccc3)CC2)c1OC. The third-order valence-corrected chi connectivity index (χ3v) is 5.51. The van der Waals surface area contributed by atoms with Crippen molar-refractivity contribution in [3.63, 3.8) is 0 Å². The van der Waals surface area contributed by atoms with E-state index in [1.165, 1.54) is 5.56 Å². The number of methoxy groups -OCH3 is 2. The van der Waals surface area contributed by atoms with Crippen LogP contribution in [0.4, 0.5) is 0 Å². The van der Waals surface area contributed by atoms with Gasteiger partial charge in [0, 0.05) is 5.56 Å². The van der Waals surface area contributed by atoms with Crippen LogP contribution < -0.4 is 9.47 Å². The Bertz CT molecular complexity index is 877. The van der Waals surface area contributed by atoms with Gasteiger partial charge in [0.2, 0.25) is 0 Å². The number of benzene rings is 2. The minimum Gasteiger partial charge on any atom is -0.493 e. The fraction of sp³-hybridized carbons (Fsp3) is 0.381. The third kappa shape index (κ3) is 3.57. The zero-order chi connectivity index (χ0) is 19.3. The van der Waals surface area contributed by atoms with Crippen LogP contribution in [0.3, 0.4) is 0 Å². The highest BCUT2D eigenvalue weighted by molar-refractivity contribution is 5.49. The Kier molecular flexibility index (Phi) is 5.53. The Morgan fingerprint density at radius 1 is 1.00 bits per heavy atom. The average Bonchev–Trinajstić information content (AvgIpc) is 3.29. The van der Waals surface area contributed by atoms with Gasteiger partial charge in [-0.1, -0.05) is 42.5 Å². The lowest BCUT2D eigenvalue weighted by molar-refractivity contribution is 0.166. The van der Waals surface area contributed by atoms with E-state index in [1.807, 2.05) is 12.1 Å². The van der Waals surface area contributed by atoms with Crippen molar-refractivity contribution in [3.05, 3.63) is 65.5 Å². The molecule has 4 rings (SSSR count). The summed E-state index contributed by atoms with van der Waals surface area (Å²) in [6.07, 6.45) is 2.18. The largest absolute Gasteiger partial charge is 0.493 e. The fourth-order valence-electron chi connectivity index (χ4n) is 4.14. The van der Waals surface area contributed by atoms with Crippen molar-refractivity contribution in [3.8, 4) is 11.5 Å². The normalized spacial score (nSPS) is 16.6. The number of aromatic nitrogens is 4. The van der Waals surface area contributed by atoms with E-state index in [0.717, 1.165) is 37.2 Å². The van der Waals surface area contributed by atoms with Crippen molar-refractivity contribution in [1.82, 2.24) is 25.5 Å². The number of H-pyrrole nitrogens is 1. The molecule has 28 heavy (non-hydrogen) atoms. The first-order valence-corrected chi connectivity index (χ1v) is 9.55. The molecule has 3 aromatic rings. The first kappa shape index (κ1) is 18.4. The summed E-state index contributed by atoms with van der Waals surface area (Å²) in [7, 11) is 3.32. The van der Waals surface area contributed by atoms with Crippen LogP contribution in [-0.4, -0.2) is 52.8 Å². The van der Waals surface area contributed by atoms with Gasteiger partial charge in [0.15, 0.2) is 17.3 Å². The molecule has 1 N–H and O–H groups in total. The Labute approximate surface area is 164 Å². The topological polar surface area (TPSA) is 76.2 Å². The van der Waals surface area contributed by atoms with Gasteiger partial charge in [-0.05, 0) is 53.9 Å². The summed E-state index contributed by atoms with van der Waals surface area (Å²) < 4.78 is 11.2. The predicted octanol–water partition coefficient (Wildman–Crippen LogP) is 3.19. The summed E-state index contributed by atoms with van der Waals surface area (Å²) in [5, 5.41) is 14.8. The molecule has 0 bridgehead atoms. The highest BCUT2D eigenvalue weighted by Crippen LogP contribution is 2.41. The number of nitrogens with one attached hydrogen (secondary N) is 1. The van der Waals surface area contributed by atoms with E-state index in [2.05, 4.69) is 61.9 Å². The number of aromatic amines is 1. The number of piperidine rings is 1. The lowest BCUT2D eigenvalue weighted by atomic mass is 9.88. The smallest absolute Gasteiger partial charge is 0.170 e. The van der Waals surface area contributed by atoms with Crippen LogP contribution in [0.2, 0.25) is 0 Å². The minimum atomic E-state index is -0.114. The predicted molar refractivity (Wildman–Crippen MR) is 106 cm³/mol. The number of para-hydroxylation sites is 1. The van der Waals surface area contributed by atoms with Gasteiger partial charge in [-0.3, -0.25) is 4.90 Å². The summed E-state index contributed by atoms with van der Waals surface area (Å²) >= 11 is 0. The molecule has 1 unspecified atom stereocenters. The van der Waals surface area contributed by atoms with Crippen molar-refractivity contribution in [1.29, 1.82) is 0 Å². The first-order chi connectivity index (χ1) is 13.8. The molecule has 2 aromatic carbocycles. The molecule has 0 aliphatic carbocycles. The average molecular weight is 379 g/mol. The van der Waals surface area contributed by atoms with Gasteiger partial charge in [-0.2, -0.15) is 0 Å². The molecule has 7 heteroatoms. The van der Waals surface area contributed by atoms with Gasteiger partial charge >= 0.3 is 0 Å². The summed E-state index contributed by atoms with van der Waals surface area (Å²) in [6.45, 7) is 1.90. The quantitative estimate of drug-likeness (QED) is 0.709. The molecule has 146 valence electrons. The van der Waals surface area contributed by atoms with Crippen molar-refractivity contribution >= 4 is 0 Å². The number of ether oxygens (including phenoxy) is 2. The Morgan fingerprint density at radius 3 is 2.43 bits per heavy atom. The molecular weight excluding hydrogens is 354 g/mol. The van der Waals surface area contributed by atoms with Crippen LogP contribution in [0.15, 0.2) is 48.5 Å². The fourth-order valence-corrected chi connectivity index (χ4v) is 4.14. The van der Waals surface area contributed by atoms with Crippen LogP contribution in [0.25, 0.3) is 0 Å². The van der Waals surface area contributed by atoms with E-state index >= 15 is 0 Å². The lowest BCUT2D eigenvalue weighted by Gasteiger charge is -2.37. The summed E-state index contributed by atoms with van der Waals surface area (Å²) in [5.41, 5.74) is 2.41. The van der Waals surface area contributed by atoms with Crippen molar-refractivity contribution in [2.75, 3.05) is 27.3 Å². The monoisotopic (exact) mass is 379 g/mol. The number of rotatable bonds is 6. The van der Waals surface area contributed by atoms with Crippen molar-refractivity contribution in [2.45, 2.75) is 24.8 Å².